The summed E-state index contributed by atoms with van der Waals surface area (Å²) in [7, 11) is 0. The number of amides is 1. The molecule has 1 aromatic rings. The fourth-order valence-electron chi connectivity index (χ4n) is 13.9. The summed E-state index contributed by atoms with van der Waals surface area (Å²) in [4.78, 5) is 14.8. The van der Waals surface area contributed by atoms with Crippen molar-refractivity contribution >= 4 is 5.91 Å². The summed E-state index contributed by atoms with van der Waals surface area (Å²) in [6.07, 6.45) is 11.9. The van der Waals surface area contributed by atoms with E-state index < -0.39 is 0 Å². The molecule has 0 saturated heterocycles. The first-order chi connectivity index (χ1) is 20.9. The number of aliphatic hydroxyl groups excluding tert-OH is 1. The molecule has 0 unspecified atom stereocenters. The smallest absolute Gasteiger partial charge is 0.226 e. The van der Waals surface area contributed by atoms with E-state index in [1.807, 2.05) is 6.92 Å². The molecule has 1 aromatic heterocycles. The van der Waals surface area contributed by atoms with E-state index in [4.69, 9.17) is 4.42 Å². The van der Waals surface area contributed by atoms with Crippen LogP contribution < -0.4 is 5.32 Å². The number of carbonyl (C=O) groups is 1. The van der Waals surface area contributed by atoms with Crippen molar-refractivity contribution in [3.8, 4) is 0 Å². The average molecular weight is 620 g/mol. The number of fused-ring (bicyclic) bond motifs is 7. The molecular weight excluding hydrogens is 558 g/mol. The van der Waals surface area contributed by atoms with E-state index in [1.165, 1.54) is 31.3 Å². The maximum absolute atomic E-state index is 14.8. The molecule has 0 aromatic carbocycles. The van der Waals surface area contributed by atoms with E-state index in [2.05, 4.69) is 77.5 Å². The highest BCUT2D eigenvalue weighted by atomic mass is 16.4. The van der Waals surface area contributed by atoms with Gasteiger partial charge >= 0.3 is 0 Å². The van der Waals surface area contributed by atoms with Crippen LogP contribution in [0.2, 0.25) is 0 Å². The van der Waals surface area contributed by atoms with Gasteiger partial charge in [0.1, 0.15) is 0 Å². The van der Waals surface area contributed by atoms with Crippen molar-refractivity contribution in [1.82, 2.24) is 15.5 Å². The van der Waals surface area contributed by atoms with E-state index in [9.17, 15) is 9.90 Å². The lowest BCUT2D eigenvalue weighted by molar-refractivity contribution is -0.246. The van der Waals surface area contributed by atoms with Gasteiger partial charge in [-0.2, -0.15) is 0 Å². The number of rotatable bonds is 4. The Labute approximate surface area is 272 Å². The Balaban J connectivity index is 1.18. The maximum atomic E-state index is 14.8. The molecule has 1 heterocycles. The molecule has 6 aliphatic carbocycles. The molecule has 7 rings (SSSR count). The first-order valence-corrected chi connectivity index (χ1v) is 18.4. The number of hydrogen-bond donors (Lipinski definition) is 2. The first kappa shape index (κ1) is 31.9. The molecular formula is C39H61N3O3. The molecule has 45 heavy (non-hydrogen) atoms. The van der Waals surface area contributed by atoms with Gasteiger partial charge in [0.15, 0.2) is 0 Å². The second-order valence-corrected chi connectivity index (χ2v) is 19.0. The predicted molar refractivity (Wildman–Crippen MR) is 177 cm³/mol. The molecule has 6 heteroatoms. The van der Waals surface area contributed by atoms with Crippen LogP contribution in [0.3, 0.4) is 0 Å². The van der Waals surface area contributed by atoms with E-state index >= 15 is 0 Å². The van der Waals surface area contributed by atoms with Crippen molar-refractivity contribution in [3.63, 3.8) is 0 Å². The van der Waals surface area contributed by atoms with Crippen molar-refractivity contribution < 1.29 is 14.3 Å². The lowest BCUT2D eigenvalue weighted by Gasteiger charge is -2.72. The normalized spacial score (nSPS) is 49.5. The first-order valence-electron chi connectivity index (χ1n) is 18.4. The standard InChI is InChI=1S/C39H61N3O3/c1-22(2)24-13-18-39(33(44)40-29-21-26(34(29,4)5)32-42-41-23(3)45-32)20-19-37(9)25(31(24)39)11-12-28-36(8)16-15-30(43)35(6,7)27(36)14-17-38(28,37)10/h24-31,43H,1,11-21H2,2-10H3,(H,40,44)/t24-,25+,26+,27-,28+,29+,30-,31+,36-,37+,38+,39-/m0/s1. The Morgan fingerprint density at radius 2 is 1.60 bits per heavy atom. The summed E-state index contributed by atoms with van der Waals surface area (Å²) in [5.74, 6) is 4.35. The van der Waals surface area contributed by atoms with E-state index in [-0.39, 0.29) is 50.6 Å². The van der Waals surface area contributed by atoms with Gasteiger partial charge in [0.2, 0.25) is 17.7 Å². The summed E-state index contributed by atoms with van der Waals surface area (Å²) in [5, 5.41) is 23.1. The molecule has 1 amide bonds. The number of allylic oxidation sites excluding steroid dienone is 1. The van der Waals surface area contributed by atoms with Crippen molar-refractivity contribution in [2.45, 2.75) is 151 Å². The lowest BCUT2D eigenvalue weighted by atomic mass is 9.32. The summed E-state index contributed by atoms with van der Waals surface area (Å²) < 4.78 is 5.82. The van der Waals surface area contributed by atoms with Crippen LogP contribution in [0.1, 0.15) is 144 Å². The minimum absolute atomic E-state index is 0.0287. The van der Waals surface area contributed by atoms with Crippen LogP contribution in [0.15, 0.2) is 16.6 Å². The minimum Gasteiger partial charge on any atom is -0.425 e. The second-order valence-electron chi connectivity index (χ2n) is 19.0. The van der Waals surface area contributed by atoms with Crippen LogP contribution in [0.5, 0.6) is 0 Å². The van der Waals surface area contributed by atoms with Gasteiger partial charge in [-0.3, -0.25) is 4.79 Å². The molecule has 12 atom stereocenters. The van der Waals surface area contributed by atoms with Gasteiger partial charge in [-0.15, -0.1) is 10.2 Å². The van der Waals surface area contributed by atoms with E-state index in [0.717, 1.165) is 44.9 Å². The van der Waals surface area contributed by atoms with Crippen LogP contribution in [0.25, 0.3) is 0 Å². The zero-order valence-corrected chi connectivity index (χ0v) is 29.8. The van der Waals surface area contributed by atoms with Crippen molar-refractivity contribution in [3.05, 3.63) is 23.9 Å². The zero-order chi connectivity index (χ0) is 32.5. The predicted octanol–water partition coefficient (Wildman–Crippen LogP) is 8.39. The number of aliphatic hydroxyl groups is 1. The third-order valence-electron chi connectivity index (χ3n) is 16.9. The van der Waals surface area contributed by atoms with E-state index in [0.29, 0.717) is 47.3 Å². The molecule has 0 bridgehead atoms. The number of nitrogens with one attached hydrogen (secondary N) is 1. The van der Waals surface area contributed by atoms with Gasteiger partial charge in [0.05, 0.1) is 11.5 Å². The third-order valence-corrected chi connectivity index (χ3v) is 16.9. The van der Waals surface area contributed by atoms with Gasteiger partial charge in [-0.25, -0.2) is 0 Å². The van der Waals surface area contributed by atoms with Gasteiger partial charge < -0.3 is 14.8 Å². The number of hydrogen-bond acceptors (Lipinski definition) is 5. The lowest BCUT2D eigenvalue weighted by Crippen LogP contribution is -2.68. The van der Waals surface area contributed by atoms with Gasteiger partial charge in [0, 0.05) is 18.9 Å². The molecule has 0 aliphatic heterocycles. The SMILES string of the molecule is C=C(C)[C@@H]1CC[C@]2(C(=O)N[C@@H]3C[C@H](c4nnc(C)o4)C3(C)C)CC[C@]3(C)[C@H](CC[C@@H]4[C@@]5(C)CC[C@H](O)C(C)(C)[C@@H]5CC[C@]43C)[C@@H]12. The van der Waals surface area contributed by atoms with Crippen LogP contribution >= 0.6 is 0 Å². The topological polar surface area (TPSA) is 88.3 Å². The van der Waals surface area contributed by atoms with Crippen molar-refractivity contribution in [1.29, 1.82) is 0 Å². The van der Waals surface area contributed by atoms with Gasteiger partial charge in [0.25, 0.3) is 0 Å². The Morgan fingerprint density at radius 3 is 2.24 bits per heavy atom. The van der Waals surface area contributed by atoms with Crippen molar-refractivity contribution in [2.24, 2.45) is 62.1 Å². The number of aromatic nitrogens is 2. The minimum atomic E-state index is -0.308. The maximum Gasteiger partial charge on any atom is 0.226 e. The monoisotopic (exact) mass is 619 g/mol. The van der Waals surface area contributed by atoms with Crippen molar-refractivity contribution in [2.75, 3.05) is 0 Å². The summed E-state index contributed by atoms with van der Waals surface area (Å²) in [6, 6.07) is 0.114. The Morgan fingerprint density at radius 1 is 0.867 bits per heavy atom. The Bertz CT molecular complexity index is 1380. The highest BCUT2D eigenvalue weighted by molar-refractivity contribution is 5.84. The second kappa shape index (κ2) is 9.92. The average Bonchev–Trinajstić information content (AvgIpc) is 3.57. The summed E-state index contributed by atoms with van der Waals surface area (Å²) >= 11 is 0. The third kappa shape index (κ3) is 4.05. The molecule has 6 saturated carbocycles. The largest absolute Gasteiger partial charge is 0.425 e. The van der Waals surface area contributed by atoms with Gasteiger partial charge in [-0.1, -0.05) is 60.6 Å². The van der Waals surface area contributed by atoms with Gasteiger partial charge in [-0.05, 0) is 134 Å². The number of aryl methyl sites for hydroxylation is 1. The number of nitrogens with zero attached hydrogens (tertiary/aromatic N) is 2. The van der Waals surface area contributed by atoms with Crippen LogP contribution in [-0.4, -0.2) is 33.4 Å². The molecule has 0 radical (unpaired) electrons. The molecule has 6 aliphatic rings. The molecule has 250 valence electrons. The van der Waals surface area contributed by atoms with E-state index in [1.54, 1.807) is 0 Å². The Kier molecular flexibility index (Phi) is 7.03. The van der Waals surface area contributed by atoms with Crippen LogP contribution in [-0.2, 0) is 4.79 Å². The molecule has 6 nitrogen and oxygen atoms in total. The molecule has 2 N–H and O–H groups in total. The number of carbonyl (C=O) groups excluding carboxylic acids is 1. The fraction of sp³-hybridized carbons (Fsp3) is 0.872. The van der Waals surface area contributed by atoms with Crippen LogP contribution in [0, 0.1) is 69.0 Å². The zero-order valence-electron chi connectivity index (χ0n) is 29.8. The Hall–Kier alpha value is -1.69. The molecule has 0 spiro atoms. The fourth-order valence-corrected chi connectivity index (χ4v) is 13.9. The quantitative estimate of drug-likeness (QED) is 0.331. The summed E-state index contributed by atoms with van der Waals surface area (Å²) in [5.41, 5.74) is 1.53. The molecule has 6 fully saturated rings. The van der Waals surface area contributed by atoms with Crippen LogP contribution in [0.4, 0.5) is 0 Å². The highest BCUT2D eigenvalue weighted by Crippen LogP contribution is 2.77. The summed E-state index contributed by atoms with van der Waals surface area (Å²) in [6.45, 7) is 25.7. The highest BCUT2D eigenvalue weighted by Gasteiger charge is 2.72.